The summed E-state index contributed by atoms with van der Waals surface area (Å²) in [6.45, 7) is 17.1. The minimum Gasteiger partial charge on any atom is -0.494 e. The lowest BCUT2D eigenvalue weighted by Gasteiger charge is -2.13. The first-order chi connectivity index (χ1) is 11.2. The van der Waals surface area contributed by atoms with Gasteiger partial charge in [-0.15, -0.1) is 5.54 Å². The lowest BCUT2D eigenvalue weighted by Crippen LogP contribution is -2.16. The second kappa shape index (κ2) is 9.79. The fourth-order valence-electron chi connectivity index (χ4n) is 1.89. The van der Waals surface area contributed by atoms with E-state index in [1.807, 2.05) is 18.2 Å². The molecule has 0 aliphatic rings. The van der Waals surface area contributed by atoms with Crippen LogP contribution >= 0.6 is 0 Å². The SMILES string of the molecule is CC(C)CCOc1ccc(OCCC(C)C)c(C#C[Si](C)(C)C)c1. The van der Waals surface area contributed by atoms with Gasteiger partial charge in [-0.2, -0.15) is 0 Å². The second-order valence-electron chi connectivity index (χ2n) is 8.22. The molecule has 0 aromatic heterocycles. The van der Waals surface area contributed by atoms with Crippen molar-refractivity contribution in [3.05, 3.63) is 23.8 Å². The zero-order valence-corrected chi connectivity index (χ0v) is 17.5. The summed E-state index contributed by atoms with van der Waals surface area (Å²) in [4.78, 5) is 0. The summed E-state index contributed by atoms with van der Waals surface area (Å²) in [6, 6.07) is 6.02. The van der Waals surface area contributed by atoms with Crippen molar-refractivity contribution in [1.29, 1.82) is 0 Å². The summed E-state index contributed by atoms with van der Waals surface area (Å²) >= 11 is 0. The quantitative estimate of drug-likeness (QED) is 0.440. The number of hydrogen-bond donors (Lipinski definition) is 0. The van der Waals surface area contributed by atoms with Gasteiger partial charge >= 0.3 is 0 Å². The lowest BCUT2D eigenvalue weighted by atomic mass is 10.1. The van der Waals surface area contributed by atoms with Crippen molar-refractivity contribution in [2.75, 3.05) is 13.2 Å². The average Bonchev–Trinajstić information content (AvgIpc) is 2.45. The van der Waals surface area contributed by atoms with Gasteiger partial charge in [0.05, 0.1) is 18.8 Å². The Hall–Kier alpha value is -1.40. The summed E-state index contributed by atoms with van der Waals surface area (Å²) < 4.78 is 11.8. The van der Waals surface area contributed by atoms with Gasteiger partial charge in [-0.25, -0.2) is 0 Å². The highest BCUT2D eigenvalue weighted by molar-refractivity contribution is 6.83. The molecular formula is C21H34O2Si. The molecule has 0 amide bonds. The molecule has 0 bridgehead atoms. The van der Waals surface area contributed by atoms with Crippen LogP contribution in [0.4, 0.5) is 0 Å². The summed E-state index contributed by atoms with van der Waals surface area (Å²) in [7, 11) is -1.43. The first-order valence-electron chi connectivity index (χ1n) is 9.10. The topological polar surface area (TPSA) is 18.5 Å². The number of ether oxygens (including phenoxy) is 2. The van der Waals surface area contributed by atoms with Gasteiger partial charge in [-0.1, -0.05) is 53.3 Å². The highest BCUT2D eigenvalue weighted by Crippen LogP contribution is 2.25. The van der Waals surface area contributed by atoms with Crippen LogP contribution in [0.25, 0.3) is 0 Å². The summed E-state index contributed by atoms with van der Waals surface area (Å²) in [5.74, 6) is 6.38. The van der Waals surface area contributed by atoms with Gasteiger partial charge in [0, 0.05) is 0 Å². The Morgan fingerprint density at radius 1 is 0.917 bits per heavy atom. The molecular weight excluding hydrogens is 312 g/mol. The van der Waals surface area contributed by atoms with Crippen molar-refractivity contribution in [2.24, 2.45) is 11.8 Å². The molecule has 0 aliphatic carbocycles. The van der Waals surface area contributed by atoms with Crippen LogP contribution < -0.4 is 9.47 Å². The maximum Gasteiger partial charge on any atom is 0.135 e. The zero-order valence-electron chi connectivity index (χ0n) is 16.5. The standard InChI is InChI=1S/C21H34O2Si/c1-17(2)10-13-22-20-8-9-21(23-14-11-18(3)4)19(16-20)12-15-24(5,6)7/h8-9,16-18H,10-11,13-14H2,1-7H3. The molecule has 0 spiro atoms. The monoisotopic (exact) mass is 346 g/mol. The van der Waals surface area contributed by atoms with E-state index in [0.29, 0.717) is 11.8 Å². The lowest BCUT2D eigenvalue weighted by molar-refractivity contribution is 0.281. The van der Waals surface area contributed by atoms with Crippen molar-refractivity contribution in [2.45, 2.75) is 60.2 Å². The van der Waals surface area contributed by atoms with E-state index >= 15 is 0 Å². The highest BCUT2D eigenvalue weighted by atomic mass is 28.3. The van der Waals surface area contributed by atoms with Gasteiger partial charge in [-0.3, -0.25) is 0 Å². The van der Waals surface area contributed by atoms with E-state index in [4.69, 9.17) is 9.47 Å². The Morgan fingerprint density at radius 2 is 1.50 bits per heavy atom. The van der Waals surface area contributed by atoms with Crippen LogP contribution in [0.3, 0.4) is 0 Å². The average molecular weight is 347 g/mol. The normalized spacial score (nSPS) is 11.4. The Labute approximate surface area is 150 Å². The Bertz CT molecular complexity index is 559. The summed E-state index contributed by atoms with van der Waals surface area (Å²) in [6.07, 6.45) is 2.11. The minimum atomic E-state index is -1.43. The van der Waals surface area contributed by atoms with E-state index < -0.39 is 8.07 Å². The first kappa shape index (κ1) is 20.6. The predicted octanol–water partition coefficient (Wildman–Crippen LogP) is 5.77. The van der Waals surface area contributed by atoms with E-state index in [9.17, 15) is 0 Å². The van der Waals surface area contributed by atoms with Crippen LogP contribution in [0.15, 0.2) is 18.2 Å². The Kier molecular flexibility index (Phi) is 8.42. The fourth-order valence-corrected chi connectivity index (χ4v) is 2.40. The van der Waals surface area contributed by atoms with E-state index in [0.717, 1.165) is 43.1 Å². The molecule has 2 nitrogen and oxygen atoms in total. The van der Waals surface area contributed by atoms with Crippen LogP contribution in [-0.4, -0.2) is 21.3 Å². The van der Waals surface area contributed by atoms with Crippen LogP contribution in [0.1, 0.15) is 46.1 Å². The molecule has 3 heteroatoms. The molecule has 0 aliphatic heterocycles. The maximum atomic E-state index is 5.97. The van der Waals surface area contributed by atoms with Gasteiger partial charge < -0.3 is 9.47 Å². The molecule has 0 radical (unpaired) electrons. The third-order valence-electron chi connectivity index (χ3n) is 3.44. The van der Waals surface area contributed by atoms with E-state index in [1.54, 1.807) is 0 Å². The summed E-state index contributed by atoms with van der Waals surface area (Å²) in [5.41, 5.74) is 4.38. The molecule has 0 saturated heterocycles. The largest absolute Gasteiger partial charge is 0.494 e. The van der Waals surface area contributed by atoms with Gasteiger partial charge in [-0.05, 0) is 42.9 Å². The minimum absolute atomic E-state index is 0.639. The molecule has 24 heavy (non-hydrogen) atoms. The highest BCUT2D eigenvalue weighted by Gasteiger charge is 2.10. The maximum absolute atomic E-state index is 5.97. The number of benzene rings is 1. The van der Waals surface area contributed by atoms with Crippen molar-refractivity contribution in [1.82, 2.24) is 0 Å². The first-order valence-corrected chi connectivity index (χ1v) is 12.6. The molecule has 0 atom stereocenters. The van der Waals surface area contributed by atoms with Gasteiger partial charge in [0.25, 0.3) is 0 Å². The van der Waals surface area contributed by atoms with E-state index in [-0.39, 0.29) is 0 Å². The third kappa shape index (κ3) is 9.03. The van der Waals surface area contributed by atoms with Crippen molar-refractivity contribution < 1.29 is 9.47 Å². The van der Waals surface area contributed by atoms with Gasteiger partial charge in [0.1, 0.15) is 19.6 Å². The molecule has 1 aromatic rings. The second-order valence-corrected chi connectivity index (χ2v) is 13.0. The molecule has 1 aromatic carbocycles. The Morgan fingerprint density at radius 3 is 2.04 bits per heavy atom. The molecule has 0 saturated carbocycles. The van der Waals surface area contributed by atoms with Crippen molar-refractivity contribution in [3.63, 3.8) is 0 Å². The molecule has 134 valence electrons. The van der Waals surface area contributed by atoms with Gasteiger partial charge in [0.2, 0.25) is 0 Å². The summed E-state index contributed by atoms with van der Waals surface area (Å²) in [5, 5.41) is 0. The van der Waals surface area contributed by atoms with E-state index in [2.05, 4.69) is 58.8 Å². The molecule has 0 fully saturated rings. The molecule has 1 rings (SSSR count). The van der Waals surface area contributed by atoms with Gasteiger partial charge in [0.15, 0.2) is 0 Å². The third-order valence-corrected chi connectivity index (χ3v) is 4.31. The molecule has 0 N–H and O–H groups in total. The molecule has 0 unspecified atom stereocenters. The van der Waals surface area contributed by atoms with Crippen LogP contribution in [0.5, 0.6) is 11.5 Å². The smallest absolute Gasteiger partial charge is 0.135 e. The number of rotatable bonds is 8. The predicted molar refractivity (Wildman–Crippen MR) is 107 cm³/mol. The van der Waals surface area contributed by atoms with Crippen LogP contribution in [0, 0.1) is 23.3 Å². The molecule has 0 heterocycles. The fraction of sp³-hybridized carbons (Fsp3) is 0.619. The van der Waals surface area contributed by atoms with Crippen LogP contribution in [-0.2, 0) is 0 Å². The van der Waals surface area contributed by atoms with Crippen molar-refractivity contribution in [3.8, 4) is 23.0 Å². The van der Waals surface area contributed by atoms with Crippen molar-refractivity contribution >= 4 is 8.07 Å². The zero-order chi connectivity index (χ0) is 18.2. The van der Waals surface area contributed by atoms with Crippen LogP contribution in [0.2, 0.25) is 19.6 Å². The Balaban J connectivity index is 2.89. The van der Waals surface area contributed by atoms with E-state index in [1.165, 1.54) is 0 Å². The number of hydrogen-bond acceptors (Lipinski definition) is 2.